The number of rotatable bonds is 3. The van der Waals surface area contributed by atoms with Gasteiger partial charge in [-0.1, -0.05) is 30.3 Å². The molecule has 2 aromatic rings. The number of imide groups is 1. The maximum absolute atomic E-state index is 11.9. The Kier molecular flexibility index (Phi) is 3.12. The molecule has 20 heavy (non-hydrogen) atoms. The first-order valence-electron chi connectivity index (χ1n) is 6.15. The fourth-order valence-electron chi connectivity index (χ4n) is 1.93. The Balaban J connectivity index is 1.71. The van der Waals surface area contributed by atoms with Crippen LogP contribution in [-0.4, -0.2) is 50.1 Å². The molecule has 3 rings (SSSR count). The number of hydrogen-bond donors (Lipinski definition) is 1. The highest BCUT2D eigenvalue weighted by atomic mass is 16.2. The van der Waals surface area contributed by atoms with Gasteiger partial charge in [0, 0.05) is 18.7 Å². The minimum absolute atomic E-state index is 0.104. The zero-order valence-electron chi connectivity index (χ0n) is 10.6. The van der Waals surface area contributed by atoms with Crippen LogP contribution in [0.1, 0.15) is 0 Å². The highest BCUT2D eigenvalue weighted by molar-refractivity contribution is 5.95. The van der Waals surface area contributed by atoms with E-state index in [9.17, 15) is 9.59 Å². The second kappa shape index (κ2) is 5.08. The van der Waals surface area contributed by atoms with Crippen molar-refractivity contribution in [2.45, 2.75) is 6.54 Å². The van der Waals surface area contributed by atoms with Crippen LogP contribution in [0.3, 0.4) is 0 Å². The predicted octanol–water partition coefficient (Wildman–Crippen LogP) is -0.108. The van der Waals surface area contributed by atoms with E-state index in [4.69, 9.17) is 0 Å². The molecule has 0 atom stereocenters. The highest BCUT2D eigenvalue weighted by Crippen LogP contribution is 2.11. The fourth-order valence-corrected chi connectivity index (χ4v) is 1.93. The zero-order chi connectivity index (χ0) is 13.9. The maximum atomic E-state index is 11.9. The molecule has 0 aliphatic carbocycles. The van der Waals surface area contributed by atoms with Gasteiger partial charge in [-0.2, -0.15) is 4.80 Å². The summed E-state index contributed by atoms with van der Waals surface area (Å²) in [6, 6.07) is 8.97. The monoisotopic (exact) mass is 272 g/mol. The van der Waals surface area contributed by atoms with Crippen LogP contribution in [0.5, 0.6) is 0 Å². The molecule has 0 saturated carbocycles. The summed E-state index contributed by atoms with van der Waals surface area (Å²) < 4.78 is 0. The summed E-state index contributed by atoms with van der Waals surface area (Å²) in [5, 5.41) is 14.4. The smallest absolute Gasteiger partial charge is 0.324 e. The minimum Gasteiger partial charge on any atom is -0.336 e. The van der Waals surface area contributed by atoms with Crippen LogP contribution in [0.2, 0.25) is 0 Å². The summed E-state index contributed by atoms with van der Waals surface area (Å²) >= 11 is 0. The molecule has 8 heteroatoms. The van der Waals surface area contributed by atoms with Gasteiger partial charge in [-0.3, -0.25) is 9.69 Å². The van der Waals surface area contributed by atoms with Crippen molar-refractivity contribution in [3.63, 3.8) is 0 Å². The standard InChI is InChI=1S/C12H12N6O2/c19-10(17-7-6-13-12(17)20)8-18-15-11(14-16-18)9-4-2-1-3-5-9/h1-5H,6-8H2,(H,13,20). The SMILES string of the molecule is O=C(Cn1nnc(-c2ccccc2)n1)N1CCNC1=O. The van der Waals surface area contributed by atoms with Crippen LogP contribution >= 0.6 is 0 Å². The van der Waals surface area contributed by atoms with Crippen molar-refractivity contribution >= 4 is 11.9 Å². The third-order valence-corrected chi connectivity index (χ3v) is 2.92. The molecule has 0 bridgehead atoms. The van der Waals surface area contributed by atoms with Gasteiger partial charge in [0.25, 0.3) is 5.91 Å². The lowest BCUT2D eigenvalue weighted by molar-refractivity contribution is -0.128. The molecule has 1 N–H and O–H groups in total. The molecule has 2 heterocycles. The number of carbonyl (C=O) groups is 2. The summed E-state index contributed by atoms with van der Waals surface area (Å²) in [7, 11) is 0. The second-order valence-electron chi connectivity index (χ2n) is 4.29. The number of nitrogens with one attached hydrogen (secondary N) is 1. The summed E-state index contributed by atoms with van der Waals surface area (Å²) in [6.07, 6.45) is 0. The van der Waals surface area contributed by atoms with E-state index in [0.29, 0.717) is 18.9 Å². The van der Waals surface area contributed by atoms with Gasteiger partial charge in [0.2, 0.25) is 5.82 Å². The molecule has 1 aromatic carbocycles. The molecule has 0 unspecified atom stereocenters. The van der Waals surface area contributed by atoms with Gasteiger partial charge in [-0.15, -0.1) is 10.2 Å². The molecule has 1 saturated heterocycles. The van der Waals surface area contributed by atoms with E-state index in [1.165, 1.54) is 4.80 Å². The Labute approximate surface area is 114 Å². The number of benzene rings is 1. The number of nitrogens with zero attached hydrogens (tertiary/aromatic N) is 5. The van der Waals surface area contributed by atoms with Crippen LogP contribution in [0.25, 0.3) is 11.4 Å². The molecular weight excluding hydrogens is 260 g/mol. The van der Waals surface area contributed by atoms with Gasteiger partial charge in [-0.05, 0) is 5.21 Å². The Morgan fingerprint density at radius 2 is 2.10 bits per heavy atom. The maximum Gasteiger partial charge on any atom is 0.324 e. The lowest BCUT2D eigenvalue weighted by Crippen LogP contribution is -2.37. The van der Waals surface area contributed by atoms with Crippen molar-refractivity contribution in [2.75, 3.05) is 13.1 Å². The van der Waals surface area contributed by atoms with Crippen molar-refractivity contribution < 1.29 is 9.59 Å². The van der Waals surface area contributed by atoms with Crippen molar-refractivity contribution in [3.05, 3.63) is 30.3 Å². The van der Waals surface area contributed by atoms with Crippen LogP contribution in [0.4, 0.5) is 4.79 Å². The molecular formula is C12H12N6O2. The largest absolute Gasteiger partial charge is 0.336 e. The zero-order valence-corrected chi connectivity index (χ0v) is 10.6. The quantitative estimate of drug-likeness (QED) is 0.841. The van der Waals surface area contributed by atoms with E-state index in [2.05, 4.69) is 20.7 Å². The molecule has 1 aliphatic heterocycles. The summed E-state index contributed by atoms with van der Waals surface area (Å²) in [4.78, 5) is 25.6. The first-order valence-corrected chi connectivity index (χ1v) is 6.15. The van der Waals surface area contributed by atoms with Gasteiger partial charge < -0.3 is 5.32 Å². The van der Waals surface area contributed by atoms with Crippen molar-refractivity contribution in [2.24, 2.45) is 0 Å². The summed E-state index contributed by atoms with van der Waals surface area (Å²) in [6.45, 7) is 0.746. The third kappa shape index (κ3) is 2.35. The molecule has 102 valence electrons. The lowest BCUT2D eigenvalue weighted by atomic mass is 10.2. The van der Waals surface area contributed by atoms with Gasteiger partial charge in [0.1, 0.15) is 6.54 Å². The average molecular weight is 272 g/mol. The summed E-state index contributed by atoms with van der Waals surface area (Å²) in [5.74, 6) is 0.0984. The number of carbonyl (C=O) groups excluding carboxylic acids is 2. The highest BCUT2D eigenvalue weighted by Gasteiger charge is 2.26. The molecule has 1 aromatic heterocycles. The van der Waals surface area contributed by atoms with E-state index in [-0.39, 0.29) is 18.5 Å². The van der Waals surface area contributed by atoms with Gasteiger partial charge in [0.15, 0.2) is 0 Å². The number of aromatic nitrogens is 4. The van der Waals surface area contributed by atoms with Crippen LogP contribution < -0.4 is 5.32 Å². The molecule has 3 amide bonds. The number of tetrazole rings is 1. The molecule has 1 aliphatic rings. The number of urea groups is 1. The van der Waals surface area contributed by atoms with E-state index in [0.717, 1.165) is 10.5 Å². The average Bonchev–Trinajstić information content (AvgIpc) is 3.09. The fraction of sp³-hybridized carbons (Fsp3) is 0.250. The van der Waals surface area contributed by atoms with Crippen LogP contribution in [0, 0.1) is 0 Å². The Morgan fingerprint density at radius 1 is 1.30 bits per heavy atom. The first kappa shape index (κ1) is 12.3. The second-order valence-corrected chi connectivity index (χ2v) is 4.29. The van der Waals surface area contributed by atoms with Crippen molar-refractivity contribution in [3.8, 4) is 11.4 Å². The molecule has 8 nitrogen and oxygen atoms in total. The van der Waals surface area contributed by atoms with E-state index in [1.807, 2.05) is 30.3 Å². The van der Waals surface area contributed by atoms with Crippen LogP contribution in [0.15, 0.2) is 30.3 Å². The summed E-state index contributed by atoms with van der Waals surface area (Å²) in [5.41, 5.74) is 0.824. The van der Waals surface area contributed by atoms with E-state index >= 15 is 0 Å². The Morgan fingerprint density at radius 3 is 2.80 bits per heavy atom. The molecule has 0 radical (unpaired) electrons. The van der Waals surface area contributed by atoms with Crippen molar-refractivity contribution in [1.82, 2.24) is 30.4 Å². The van der Waals surface area contributed by atoms with Gasteiger partial charge >= 0.3 is 6.03 Å². The number of amides is 3. The number of hydrogen-bond acceptors (Lipinski definition) is 5. The first-order chi connectivity index (χ1) is 9.74. The van der Waals surface area contributed by atoms with Crippen molar-refractivity contribution in [1.29, 1.82) is 0 Å². The topological polar surface area (TPSA) is 93.0 Å². The van der Waals surface area contributed by atoms with E-state index in [1.54, 1.807) is 0 Å². The minimum atomic E-state index is -0.376. The van der Waals surface area contributed by atoms with Gasteiger partial charge in [0.05, 0.1) is 0 Å². The molecule has 0 spiro atoms. The Hall–Kier alpha value is -2.77. The van der Waals surface area contributed by atoms with E-state index < -0.39 is 0 Å². The van der Waals surface area contributed by atoms with Gasteiger partial charge in [-0.25, -0.2) is 4.79 Å². The predicted molar refractivity (Wildman–Crippen MR) is 68.4 cm³/mol. The Bertz CT molecular complexity index is 638. The normalized spacial score (nSPS) is 14.4. The molecule has 1 fully saturated rings. The lowest BCUT2D eigenvalue weighted by Gasteiger charge is -2.10. The third-order valence-electron chi connectivity index (χ3n) is 2.92. The van der Waals surface area contributed by atoms with Crippen LogP contribution in [-0.2, 0) is 11.3 Å².